The van der Waals surface area contributed by atoms with Crippen LogP contribution in [0, 0.1) is 11.8 Å². The molecule has 1 saturated heterocycles. The zero-order chi connectivity index (χ0) is 42.5. The first kappa shape index (κ1) is 46.2. The predicted octanol–water partition coefficient (Wildman–Crippen LogP) is -0.454. The summed E-state index contributed by atoms with van der Waals surface area (Å²) < 4.78 is 30.1. The molecule has 3 aliphatic heterocycles. The number of aliphatic imine (C=N–C) groups is 1. The van der Waals surface area contributed by atoms with E-state index in [1.54, 1.807) is 24.1 Å². The predicted molar refractivity (Wildman–Crippen MR) is 210 cm³/mol. The molecule has 2 aliphatic carbocycles. The number of guanidine groups is 1. The van der Waals surface area contributed by atoms with Crippen LogP contribution in [0.5, 0.6) is 0 Å². The molecule has 5 rings (SSSR count). The summed E-state index contributed by atoms with van der Waals surface area (Å²) in [4.78, 5) is 32.6. The molecule has 330 valence electrons. The first-order valence-electron chi connectivity index (χ1n) is 20.4. The van der Waals surface area contributed by atoms with E-state index < -0.39 is 67.1 Å². The average Bonchev–Trinajstić information content (AvgIpc) is 3.73. The minimum Gasteiger partial charge on any atom is -0.478 e. The lowest BCUT2D eigenvalue weighted by molar-refractivity contribution is -0.410. The van der Waals surface area contributed by atoms with E-state index in [2.05, 4.69) is 15.6 Å². The van der Waals surface area contributed by atoms with Crippen LogP contribution in [0.1, 0.15) is 64.2 Å². The normalized spacial score (nSPS) is 29.3. The summed E-state index contributed by atoms with van der Waals surface area (Å²) >= 11 is 0. The van der Waals surface area contributed by atoms with Gasteiger partial charge < -0.3 is 75.4 Å². The Hall–Kier alpha value is -3.89. The Morgan fingerprint density at radius 2 is 1.83 bits per heavy atom. The second-order valence-corrected chi connectivity index (χ2v) is 15.3. The highest BCUT2D eigenvalue weighted by molar-refractivity contribution is 5.95. The Morgan fingerprint density at radius 1 is 1.08 bits per heavy atom. The topological polar surface area (TPSA) is 288 Å². The van der Waals surface area contributed by atoms with Crippen molar-refractivity contribution in [3.63, 3.8) is 0 Å². The molecule has 0 spiro atoms. The number of β-amino-alcohol motifs (C(OH)–C–C–N with tert-alkyl or cyclic N) is 1. The van der Waals surface area contributed by atoms with Crippen molar-refractivity contribution < 1.29 is 69.0 Å². The first-order chi connectivity index (χ1) is 28.4. The number of aliphatic carboxylic acids is 1. The summed E-state index contributed by atoms with van der Waals surface area (Å²) in [6.07, 6.45) is 7.73. The van der Waals surface area contributed by atoms with Crippen LogP contribution in [-0.4, -0.2) is 155 Å². The highest BCUT2D eigenvalue weighted by Gasteiger charge is 2.57. The molecular weight excluding hydrogens is 774 g/mol. The van der Waals surface area contributed by atoms with Crippen LogP contribution < -0.4 is 16.4 Å². The Bertz CT molecular complexity index is 1610. The van der Waals surface area contributed by atoms with Crippen LogP contribution in [0.4, 0.5) is 0 Å². The molecule has 2 saturated carbocycles. The number of nitrogens with one attached hydrogen (secondary N) is 2. The highest BCUT2D eigenvalue weighted by Crippen LogP contribution is 2.41. The summed E-state index contributed by atoms with van der Waals surface area (Å²) in [7, 11) is 1.56. The van der Waals surface area contributed by atoms with Crippen LogP contribution in [0.25, 0.3) is 0 Å². The molecule has 5 aliphatic rings. The summed E-state index contributed by atoms with van der Waals surface area (Å²) in [6, 6.07) is 0. The molecular formula is C40H61N5O14. The molecule has 0 amide bonds. The number of carbonyl (C=O) groups is 2. The number of esters is 1. The number of carbonyl (C=O) groups excluding carboxylic acids is 1. The van der Waals surface area contributed by atoms with Gasteiger partial charge >= 0.3 is 11.9 Å². The number of nitrogens with zero attached hydrogens (tertiary/aromatic N) is 2. The van der Waals surface area contributed by atoms with Gasteiger partial charge in [-0.15, -0.1) is 0 Å². The molecule has 3 heterocycles. The zero-order valence-corrected chi connectivity index (χ0v) is 33.5. The molecule has 11 N–H and O–H groups in total. The molecule has 19 nitrogen and oxygen atoms in total. The van der Waals surface area contributed by atoms with Crippen molar-refractivity contribution in [3.05, 3.63) is 58.7 Å². The Kier molecular flexibility index (Phi) is 17.3. The summed E-state index contributed by atoms with van der Waals surface area (Å²) in [5, 5.41) is 77.9. The molecule has 19 heteroatoms. The lowest BCUT2D eigenvalue weighted by atomic mass is 9.80. The molecule has 7 unspecified atom stereocenters. The van der Waals surface area contributed by atoms with Crippen molar-refractivity contribution in [1.29, 1.82) is 0 Å². The molecule has 3 fully saturated rings. The quantitative estimate of drug-likeness (QED) is 0.0209. The molecule has 0 aromatic rings. The van der Waals surface area contributed by atoms with Gasteiger partial charge in [-0.05, 0) is 70.4 Å². The number of aliphatic hydroxyl groups excluding tert-OH is 4. The van der Waals surface area contributed by atoms with Gasteiger partial charge in [-0.25, -0.2) is 9.59 Å². The van der Waals surface area contributed by atoms with Crippen LogP contribution >= 0.6 is 0 Å². The van der Waals surface area contributed by atoms with Gasteiger partial charge in [0.2, 0.25) is 12.1 Å². The number of hydrogen-bond acceptors (Lipinski definition) is 16. The van der Waals surface area contributed by atoms with Gasteiger partial charge in [0.1, 0.15) is 18.3 Å². The summed E-state index contributed by atoms with van der Waals surface area (Å²) in [6.45, 7) is -0.935. The first-order valence-corrected chi connectivity index (χ1v) is 20.4. The number of aliphatic hydroxyl groups is 6. The fourth-order valence-corrected chi connectivity index (χ4v) is 7.93. The lowest BCUT2D eigenvalue weighted by Crippen LogP contribution is -2.69. The van der Waals surface area contributed by atoms with E-state index in [4.69, 9.17) is 29.4 Å². The fraction of sp³-hybridized carbons (Fsp3) is 0.675. The van der Waals surface area contributed by atoms with Crippen molar-refractivity contribution in [1.82, 2.24) is 15.5 Å². The maximum atomic E-state index is 14.1. The average molecular weight is 836 g/mol. The second-order valence-electron chi connectivity index (χ2n) is 15.3. The maximum Gasteiger partial charge on any atom is 0.339 e. The molecule has 59 heavy (non-hydrogen) atoms. The Morgan fingerprint density at radius 3 is 2.49 bits per heavy atom. The molecule has 0 radical (unpaired) electrons. The standard InChI is InChI=1S/C40H61N5O14/c1-42-23-56-34-38(58-31(21-48)33(49)40(34,53)54)59-37-28(18-24-8-3-2-4-9-24)27(30(22-55-37)36(52)57-26-10-5-6-11-26)13-12-25-19-45(15-17-47)20-29(35(50)51)32(25)44-39(41)43-14-7-16-46/h12-13,18,20,22,26-28,31,33-34,37-38,42,46-49,53-54H,2-11,14-17,19,21,23H2,1H3,(H,50,51)(H3,41,43,44). The maximum absolute atomic E-state index is 14.1. The van der Waals surface area contributed by atoms with Gasteiger partial charge in [-0.3, -0.25) is 10.3 Å². The number of ether oxygens (including phenoxy) is 5. The Labute approximate surface area is 343 Å². The van der Waals surface area contributed by atoms with Crippen molar-refractivity contribution in [2.45, 2.75) is 107 Å². The number of carboxylic acids is 1. The van der Waals surface area contributed by atoms with E-state index in [1.165, 1.54) is 12.5 Å². The van der Waals surface area contributed by atoms with E-state index in [0.29, 0.717) is 24.8 Å². The number of rotatable bonds is 18. The smallest absolute Gasteiger partial charge is 0.339 e. The van der Waals surface area contributed by atoms with E-state index in [-0.39, 0.29) is 68.5 Å². The third-order valence-corrected chi connectivity index (χ3v) is 11.0. The minimum atomic E-state index is -2.93. The third-order valence-electron chi connectivity index (χ3n) is 11.0. The molecule has 7 atom stereocenters. The van der Waals surface area contributed by atoms with Crippen LogP contribution in [0.15, 0.2) is 63.7 Å². The van der Waals surface area contributed by atoms with Crippen molar-refractivity contribution in [3.8, 4) is 0 Å². The summed E-state index contributed by atoms with van der Waals surface area (Å²) in [5.41, 5.74) is 7.81. The van der Waals surface area contributed by atoms with E-state index in [1.807, 2.05) is 6.08 Å². The van der Waals surface area contributed by atoms with Crippen molar-refractivity contribution >= 4 is 17.9 Å². The largest absolute Gasteiger partial charge is 0.478 e. The van der Waals surface area contributed by atoms with Crippen LogP contribution in [0.3, 0.4) is 0 Å². The number of carboxylic acid groups (broad SMARTS) is 1. The number of hydrogen-bond donors (Lipinski definition) is 10. The van der Waals surface area contributed by atoms with Crippen molar-refractivity contribution in [2.24, 2.45) is 22.6 Å². The second kappa shape index (κ2) is 22.1. The number of nitrogens with two attached hydrogens (primary N) is 1. The van der Waals surface area contributed by atoms with Gasteiger partial charge in [0, 0.05) is 38.4 Å². The number of allylic oxidation sites excluding steroid dienone is 2. The van der Waals surface area contributed by atoms with Gasteiger partial charge in [0.05, 0.1) is 49.0 Å². The fourth-order valence-electron chi connectivity index (χ4n) is 7.93. The van der Waals surface area contributed by atoms with Gasteiger partial charge in [0.25, 0.3) is 0 Å². The van der Waals surface area contributed by atoms with Crippen LogP contribution in [-0.2, 0) is 33.3 Å². The molecule has 0 aromatic heterocycles. The zero-order valence-electron chi connectivity index (χ0n) is 33.5. The molecule has 0 aromatic carbocycles. The van der Waals surface area contributed by atoms with Crippen LogP contribution in [0.2, 0.25) is 0 Å². The van der Waals surface area contributed by atoms with Gasteiger partial charge in [-0.2, -0.15) is 0 Å². The summed E-state index contributed by atoms with van der Waals surface area (Å²) in [5.74, 6) is -6.55. The highest BCUT2D eigenvalue weighted by atomic mass is 16.8. The lowest BCUT2D eigenvalue weighted by Gasteiger charge is -2.47. The van der Waals surface area contributed by atoms with E-state index in [0.717, 1.165) is 50.5 Å². The Balaban J connectivity index is 1.62. The van der Waals surface area contributed by atoms with E-state index in [9.17, 15) is 45.3 Å². The monoisotopic (exact) mass is 835 g/mol. The van der Waals surface area contributed by atoms with E-state index >= 15 is 0 Å². The van der Waals surface area contributed by atoms with Crippen molar-refractivity contribution in [2.75, 3.05) is 53.2 Å². The minimum absolute atomic E-state index is 0.0834. The SMILES string of the molecule is CNCOC1C(OC2OC=C(C(=O)OC3CCCC3)C(C=CC3=C(NC(N)=NCCCO)C(C(=O)O)=CN(CCO)C3)C2C=C2CCCCC2)OC(CO)C(O)C1(O)O. The molecule has 0 bridgehead atoms. The van der Waals surface area contributed by atoms with Gasteiger partial charge in [0.15, 0.2) is 18.4 Å². The van der Waals surface area contributed by atoms with Gasteiger partial charge in [-0.1, -0.05) is 30.2 Å². The third kappa shape index (κ3) is 11.9.